The fourth-order valence-corrected chi connectivity index (χ4v) is 4.85. The molecule has 116 valence electrons. The molecule has 1 atom stereocenters. The van der Waals surface area contributed by atoms with Gasteiger partial charge in [-0.1, -0.05) is 12.8 Å². The van der Waals surface area contributed by atoms with Gasteiger partial charge in [0.05, 0.1) is 5.01 Å². The number of likely N-dealkylation sites (tertiary alicyclic amines) is 1. The minimum atomic E-state index is -0.164. The van der Waals surface area contributed by atoms with E-state index in [1.165, 1.54) is 42.0 Å². The maximum absolute atomic E-state index is 11.1. The first-order valence-corrected chi connectivity index (χ1v) is 8.97. The van der Waals surface area contributed by atoms with Crippen LogP contribution in [0.2, 0.25) is 0 Å². The Labute approximate surface area is 130 Å². The summed E-state index contributed by atoms with van der Waals surface area (Å²) >= 11 is 1.89. The number of rotatable bonds is 5. The Kier molecular flexibility index (Phi) is 4.91. The molecular formula is C16H25N3OS. The molecule has 2 aliphatic rings. The van der Waals surface area contributed by atoms with Gasteiger partial charge >= 0.3 is 0 Å². The van der Waals surface area contributed by atoms with Crippen molar-refractivity contribution in [1.82, 2.24) is 9.88 Å². The summed E-state index contributed by atoms with van der Waals surface area (Å²) in [6, 6.07) is 0. The van der Waals surface area contributed by atoms with Gasteiger partial charge in [-0.05, 0) is 38.1 Å². The highest BCUT2D eigenvalue weighted by Gasteiger charge is 2.23. The number of thiazole rings is 1. The smallest absolute Gasteiger partial charge is 0.217 e. The molecule has 0 radical (unpaired) electrons. The van der Waals surface area contributed by atoms with Gasteiger partial charge in [0.25, 0.3) is 0 Å². The zero-order valence-electron chi connectivity index (χ0n) is 12.6. The lowest BCUT2D eigenvalue weighted by Crippen LogP contribution is -2.36. The Morgan fingerprint density at radius 2 is 2.14 bits per heavy atom. The highest BCUT2D eigenvalue weighted by atomic mass is 32.1. The zero-order valence-corrected chi connectivity index (χ0v) is 13.4. The third kappa shape index (κ3) is 4.04. The molecule has 1 aliphatic carbocycles. The van der Waals surface area contributed by atoms with E-state index >= 15 is 0 Å². The van der Waals surface area contributed by atoms with Crippen molar-refractivity contribution < 1.29 is 4.79 Å². The summed E-state index contributed by atoms with van der Waals surface area (Å²) in [5.41, 5.74) is 5.33. The van der Waals surface area contributed by atoms with Crippen molar-refractivity contribution >= 4 is 17.2 Å². The van der Waals surface area contributed by atoms with E-state index in [2.05, 4.69) is 16.1 Å². The minimum Gasteiger partial charge on any atom is -0.370 e. The maximum Gasteiger partial charge on any atom is 0.217 e. The van der Waals surface area contributed by atoms with Gasteiger partial charge in [0.2, 0.25) is 5.91 Å². The van der Waals surface area contributed by atoms with Crippen LogP contribution in [0.4, 0.5) is 0 Å². The Balaban J connectivity index is 1.54. The molecule has 5 heteroatoms. The first-order chi connectivity index (χ1) is 10.2. The van der Waals surface area contributed by atoms with E-state index in [1.807, 2.05) is 11.3 Å². The number of nitrogens with two attached hydrogens (primary N) is 1. The lowest BCUT2D eigenvalue weighted by molar-refractivity contribution is -0.119. The maximum atomic E-state index is 11.1. The van der Waals surface area contributed by atoms with Crippen LogP contribution in [-0.2, 0) is 11.3 Å². The van der Waals surface area contributed by atoms with Crippen molar-refractivity contribution in [2.24, 2.45) is 11.7 Å². The van der Waals surface area contributed by atoms with Gasteiger partial charge in [0.15, 0.2) is 0 Å². The van der Waals surface area contributed by atoms with E-state index < -0.39 is 0 Å². The first-order valence-electron chi connectivity index (χ1n) is 8.16. The number of piperidine rings is 1. The van der Waals surface area contributed by atoms with Crippen molar-refractivity contribution in [1.29, 1.82) is 0 Å². The third-order valence-corrected chi connectivity index (χ3v) is 5.89. The van der Waals surface area contributed by atoms with Gasteiger partial charge in [-0.25, -0.2) is 4.98 Å². The van der Waals surface area contributed by atoms with Crippen molar-refractivity contribution in [3.05, 3.63) is 16.1 Å². The molecule has 1 amide bonds. The van der Waals surface area contributed by atoms with Crippen molar-refractivity contribution in [2.45, 2.75) is 57.4 Å². The summed E-state index contributed by atoms with van der Waals surface area (Å²) in [4.78, 5) is 19.6. The van der Waals surface area contributed by atoms with Gasteiger partial charge in [0.1, 0.15) is 0 Å². The molecule has 2 N–H and O–H groups in total. The molecule has 2 fully saturated rings. The van der Waals surface area contributed by atoms with Gasteiger partial charge < -0.3 is 5.73 Å². The second-order valence-electron chi connectivity index (χ2n) is 6.56. The number of aromatic nitrogens is 1. The van der Waals surface area contributed by atoms with Gasteiger partial charge in [-0.3, -0.25) is 9.69 Å². The van der Waals surface area contributed by atoms with E-state index in [-0.39, 0.29) is 5.91 Å². The monoisotopic (exact) mass is 307 g/mol. The molecule has 1 aromatic rings. The zero-order chi connectivity index (χ0) is 14.7. The Morgan fingerprint density at radius 3 is 2.90 bits per heavy atom. The number of nitrogens with zero attached hydrogens (tertiary/aromatic N) is 2. The molecule has 1 aliphatic heterocycles. The van der Waals surface area contributed by atoms with Crippen LogP contribution in [-0.4, -0.2) is 28.9 Å². The fourth-order valence-electron chi connectivity index (χ4n) is 3.72. The number of hydrogen-bond donors (Lipinski definition) is 1. The summed E-state index contributed by atoms with van der Waals surface area (Å²) in [5.74, 6) is 0.995. The van der Waals surface area contributed by atoms with E-state index in [1.54, 1.807) is 0 Å². The van der Waals surface area contributed by atoms with Crippen LogP contribution in [0.15, 0.2) is 6.20 Å². The van der Waals surface area contributed by atoms with Crippen molar-refractivity contribution in [3.8, 4) is 0 Å². The second-order valence-corrected chi connectivity index (χ2v) is 7.71. The first kappa shape index (κ1) is 15.0. The molecular weight excluding hydrogens is 282 g/mol. The molecule has 3 rings (SSSR count). The quantitative estimate of drug-likeness (QED) is 0.910. The SMILES string of the molecule is NC(=O)CC1CCCN(Cc2cnc(C3CCCC3)s2)C1. The summed E-state index contributed by atoms with van der Waals surface area (Å²) in [6.45, 7) is 3.12. The summed E-state index contributed by atoms with van der Waals surface area (Å²) < 4.78 is 0. The highest BCUT2D eigenvalue weighted by Crippen LogP contribution is 2.36. The van der Waals surface area contributed by atoms with Crippen LogP contribution in [0.25, 0.3) is 0 Å². The minimum absolute atomic E-state index is 0.164. The second kappa shape index (κ2) is 6.88. The molecule has 1 saturated carbocycles. The molecule has 2 heterocycles. The molecule has 0 spiro atoms. The molecule has 1 unspecified atom stereocenters. The number of carbonyl (C=O) groups excluding carboxylic acids is 1. The summed E-state index contributed by atoms with van der Waals surface area (Å²) in [7, 11) is 0. The normalized spacial score (nSPS) is 24.5. The molecule has 21 heavy (non-hydrogen) atoms. The number of hydrogen-bond acceptors (Lipinski definition) is 4. The van der Waals surface area contributed by atoms with Gasteiger partial charge in [-0.15, -0.1) is 11.3 Å². The Bertz CT molecular complexity index is 482. The fraction of sp³-hybridized carbons (Fsp3) is 0.750. The number of amides is 1. The number of primary amides is 1. The largest absolute Gasteiger partial charge is 0.370 e. The van der Waals surface area contributed by atoms with Crippen LogP contribution >= 0.6 is 11.3 Å². The van der Waals surface area contributed by atoms with Crippen LogP contribution in [0.3, 0.4) is 0 Å². The highest BCUT2D eigenvalue weighted by molar-refractivity contribution is 7.11. The third-order valence-electron chi connectivity index (χ3n) is 4.75. The molecule has 1 aromatic heterocycles. The van der Waals surface area contributed by atoms with E-state index in [0.29, 0.717) is 18.3 Å². The summed E-state index contributed by atoms with van der Waals surface area (Å²) in [5, 5.41) is 1.34. The van der Waals surface area contributed by atoms with Crippen molar-refractivity contribution in [2.75, 3.05) is 13.1 Å². The average Bonchev–Trinajstić information content (AvgIpc) is 3.08. The van der Waals surface area contributed by atoms with E-state index in [9.17, 15) is 4.79 Å². The van der Waals surface area contributed by atoms with Crippen LogP contribution in [0, 0.1) is 5.92 Å². The van der Waals surface area contributed by atoms with Crippen LogP contribution in [0.5, 0.6) is 0 Å². The molecule has 0 aromatic carbocycles. The predicted molar refractivity (Wildman–Crippen MR) is 85.1 cm³/mol. The number of carbonyl (C=O) groups is 1. The Hall–Kier alpha value is -0.940. The molecule has 0 bridgehead atoms. The lowest BCUT2D eigenvalue weighted by Gasteiger charge is -2.31. The standard InChI is InChI=1S/C16H25N3OS/c17-15(20)8-12-4-3-7-19(10-12)11-14-9-18-16(21-14)13-5-1-2-6-13/h9,12-13H,1-8,10-11H2,(H2,17,20). The van der Waals surface area contributed by atoms with Gasteiger partial charge in [0, 0.05) is 36.5 Å². The molecule has 4 nitrogen and oxygen atoms in total. The van der Waals surface area contributed by atoms with Gasteiger partial charge in [-0.2, -0.15) is 0 Å². The average molecular weight is 307 g/mol. The predicted octanol–water partition coefficient (Wildman–Crippen LogP) is 2.89. The lowest BCUT2D eigenvalue weighted by atomic mass is 9.94. The van der Waals surface area contributed by atoms with E-state index in [4.69, 9.17) is 5.73 Å². The van der Waals surface area contributed by atoms with Crippen molar-refractivity contribution in [3.63, 3.8) is 0 Å². The molecule has 1 saturated heterocycles. The van der Waals surface area contributed by atoms with Crippen LogP contribution < -0.4 is 5.73 Å². The topological polar surface area (TPSA) is 59.2 Å². The van der Waals surface area contributed by atoms with E-state index in [0.717, 1.165) is 26.1 Å². The van der Waals surface area contributed by atoms with Crippen LogP contribution in [0.1, 0.15) is 60.7 Å². The summed E-state index contributed by atoms with van der Waals surface area (Å²) in [6.07, 6.45) is 10.3. The Morgan fingerprint density at radius 1 is 1.33 bits per heavy atom.